The summed E-state index contributed by atoms with van der Waals surface area (Å²) in [7, 11) is 1.64. The number of rotatable bonds is 6. The van der Waals surface area contributed by atoms with E-state index in [2.05, 4.69) is 20.9 Å². The van der Waals surface area contributed by atoms with Gasteiger partial charge < -0.3 is 10.6 Å². The second kappa shape index (κ2) is 7.65. The number of benzene rings is 1. The third-order valence-electron chi connectivity index (χ3n) is 3.75. The molecule has 130 valence electrons. The molecular weight excluding hydrogens is 379 g/mol. The number of nitrogen functional groups attached to an aromatic ring is 1. The van der Waals surface area contributed by atoms with Crippen LogP contribution in [0.3, 0.4) is 0 Å². The third kappa shape index (κ3) is 3.87. The van der Waals surface area contributed by atoms with E-state index in [0.717, 1.165) is 12.8 Å². The van der Waals surface area contributed by atoms with Crippen molar-refractivity contribution in [2.45, 2.75) is 32.9 Å². The molecule has 0 bridgehead atoms. The van der Waals surface area contributed by atoms with E-state index in [1.165, 1.54) is 10.6 Å². The van der Waals surface area contributed by atoms with Crippen LogP contribution in [0.4, 0.5) is 15.9 Å². The van der Waals surface area contributed by atoms with E-state index >= 15 is 0 Å². The molecule has 0 unspecified atom stereocenters. The van der Waals surface area contributed by atoms with Gasteiger partial charge in [0.1, 0.15) is 17.3 Å². The average Bonchev–Trinajstić information content (AvgIpc) is 2.49. The normalized spacial score (nSPS) is 10.8. The predicted molar refractivity (Wildman–Crippen MR) is 96.9 cm³/mol. The van der Waals surface area contributed by atoms with E-state index < -0.39 is 11.2 Å². The fourth-order valence-corrected chi connectivity index (χ4v) is 2.80. The van der Waals surface area contributed by atoms with Crippen molar-refractivity contribution < 1.29 is 4.39 Å². The topological polar surface area (TPSA) is 84.1 Å². The lowest BCUT2D eigenvalue weighted by Crippen LogP contribution is -2.37. The van der Waals surface area contributed by atoms with E-state index in [-0.39, 0.29) is 23.9 Å². The minimum Gasteiger partial charge on any atom is -0.383 e. The van der Waals surface area contributed by atoms with Crippen LogP contribution in [0.2, 0.25) is 0 Å². The van der Waals surface area contributed by atoms with Crippen molar-refractivity contribution in [1.82, 2.24) is 9.55 Å². The number of hydrogen-bond donors (Lipinski definition) is 2. The summed E-state index contributed by atoms with van der Waals surface area (Å²) in [5.74, 6) is -0.289. The van der Waals surface area contributed by atoms with Crippen molar-refractivity contribution in [2.24, 2.45) is 0 Å². The molecule has 1 aromatic carbocycles. The molecule has 1 aromatic heterocycles. The maximum atomic E-state index is 14.0. The highest BCUT2D eigenvalue weighted by Gasteiger charge is 2.17. The van der Waals surface area contributed by atoms with Crippen LogP contribution in [-0.4, -0.2) is 16.6 Å². The van der Waals surface area contributed by atoms with Gasteiger partial charge in [-0.3, -0.25) is 14.3 Å². The molecule has 0 radical (unpaired) electrons. The SMILES string of the molecule is CCCCn1c(N)c(N(C)Cc2ccc(Br)cc2F)c(=O)[nH]c1=O. The molecule has 2 rings (SSSR count). The molecule has 0 aliphatic rings. The number of aromatic nitrogens is 2. The Morgan fingerprint density at radius 3 is 2.71 bits per heavy atom. The van der Waals surface area contributed by atoms with E-state index in [9.17, 15) is 14.0 Å². The summed E-state index contributed by atoms with van der Waals surface area (Å²) in [4.78, 5) is 27.9. The number of aromatic amines is 1. The molecule has 24 heavy (non-hydrogen) atoms. The van der Waals surface area contributed by atoms with Gasteiger partial charge in [0, 0.05) is 30.2 Å². The first kappa shape index (κ1) is 18.3. The molecular formula is C16H20BrFN4O2. The number of anilines is 2. The second-order valence-electron chi connectivity index (χ2n) is 5.59. The van der Waals surface area contributed by atoms with Crippen LogP contribution >= 0.6 is 15.9 Å². The van der Waals surface area contributed by atoms with Crippen molar-refractivity contribution in [3.05, 3.63) is 54.9 Å². The molecule has 0 saturated heterocycles. The standard InChI is InChI=1S/C16H20BrFN4O2/c1-3-4-7-22-14(19)13(15(23)20-16(22)24)21(2)9-10-5-6-11(17)8-12(10)18/h5-6,8H,3-4,7,9,19H2,1-2H3,(H,20,23,24). The van der Waals surface area contributed by atoms with E-state index in [4.69, 9.17) is 5.73 Å². The molecule has 0 aliphatic carbocycles. The number of H-pyrrole nitrogens is 1. The van der Waals surface area contributed by atoms with Gasteiger partial charge in [-0.05, 0) is 18.6 Å². The second-order valence-corrected chi connectivity index (χ2v) is 6.51. The third-order valence-corrected chi connectivity index (χ3v) is 4.25. The van der Waals surface area contributed by atoms with Crippen LogP contribution in [-0.2, 0) is 13.1 Å². The Kier molecular flexibility index (Phi) is 5.82. The molecule has 1 heterocycles. The van der Waals surface area contributed by atoms with Gasteiger partial charge in [0.15, 0.2) is 0 Å². The predicted octanol–water partition coefficient (Wildman–Crippen LogP) is 2.46. The van der Waals surface area contributed by atoms with Gasteiger partial charge in [0.2, 0.25) is 0 Å². The first-order chi connectivity index (χ1) is 11.3. The van der Waals surface area contributed by atoms with Gasteiger partial charge in [-0.1, -0.05) is 35.3 Å². The van der Waals surface area contributed by atoms with Gasteiger partial charge >= 0.3 is 5.69 Å². The van der Waals surface area contributed by atoms with Crippen molar-refractivity contribution in [3.8, 4) is 0 Å². The Labute approximate surface area is 147 Å². The summed E-state index contributed by atoms with van der Waals surface area (Å²) in [5.41, 5.74) is 5.52. The van der Waals surface area contributed by atoms with E-state index in [1.807, 2.05) is 6.92 Å². The molecule has 0 amide bonds. The number of halogens is 2. The lowest BCUT2D eigenvalue weighted by molar-refractivity contribution is 0.598. The van der Waals surface area contributed by atoms with Gasteiger partial charge in [-0.2, -0.15) is 0 Å². The molecule has 6 nitrogen and oxygen atoms in total. The summed E-state index contributed by atoms with van der Waals surface area (Å²) in [6.07, 6.45) is 1.65. The number of nitrogens with zero attached hydrogens (tertiary/aromatic N) is 2. The number of nitrogens with one attached hydrogen (secondary N) is 1. The van der Waals surface area contributed by atoms with Crippen molar-refractivity contribution in [2.75, 3.05) is 17.7 Å². The zero-order valence-electron chi connectivity index (χ0n) is 13.6. The Hall–Kier alpha value is -2.09. The lowest BCUT2D eigenvalue weighted by Gasteiger charge is -2.22. The molecule has 2 aromatic rings. The number of hydrogen-bond acceptors (Lipinski definition) is 4. The molecule has 0 saturated carbocycles. The van der Waals surface area contributed by atoms with Crippen LogP contribution in [0.5, 0.6) is 0 Å². The van der Waals surface area contributed by atoms with Crippen LogP contribution in [0, 0.1) is 5.82 Å². The summed E-state index contributed by atoms with van der Waals surface area (Å²) in [6, 6.07) is 4.72. The number of unbranched alkanes of at least 4 members (excludes halogenated alkanes) is 1. The summed E-state index contributed by atoms with van der Waals surface area (Å²) in [6.45, 7) is 2.57. The van der Waals surface area contributed by atoms with E-state index in [1.54, 1.807) is 24.1 Å². The summed E-state index contributed by atoms with van der Waals surface area (Å²) in [5, 5.41) is 0. The molecule has 3 N–H and O–H groups in total. The highest BCUT2D eigenvalue weighted by atomic mass is 79.9. The maximum absolute atomic E-state index is 14.0. The Bertz CT molecular complexity index is 847. The molecule has 0 spiro atoms. The van der Waals surface area contributed by atoms with Crippen molar-refractivity contribution in [3.63, 3.8) is 0 Å². The Balaban J connectivity index is 2.39. The van der Waals surface area contributed by atoms with Crippen molar-refractivity contribution >= 4 is 27.4 Å². The zero-order chi connectivity index (χ0) is 17.9. The Morgan fingerprint density at radius 1 is 1.38 bits per heavy atom. The maximum Gasteiger partial charge on any atom is 0.330 e. The van der Waals surface area contributed by atoms with Crippen LogP contribution in [0.15, 0.2) is 32.3 Å². The highest BCUT2D eigenvalue weighted by molar-refractivity contribution is 9.10. The molecule has 0 fully saturated rings. The van der Waals surface area contributed by atoms with Gasteiger partial charge in [-0.15, -0.1) is 0 Å². The number of nitrogens with two attached hydrogens (primary N) is 1. The van der Waals surface area contributed by atoms with Crippen molar-refractivity contribution in [1.29, 1.82) is 0 Å². The minimum absolute atomic E-state index is 0.0946. The first-order valence-electron chi connectivity index (χ1n) is 7.62. The Morgan fingerprint density at radius 2 is 2.08 bits per heavy atom. The van der Waals surface area contributed by atoms with Crippen LogP contribution < -0.4 is 21.9 Å². The minimum atomic E-state index is -0.578. The monoisotopic (exact) mass is 398 g/mol. The van der Waals surface area contributed by atoms with Crippen LogP contribution in [0.25, 0.3) is 0 Å². The summed E-state index contributed by atoms with van der Waals surface area (Å²) >= 11 is 3.21. The fourth-order valence-electron chi connectivity index (χ4n) is 2.47. The first-order valence-corrected chi connectivity index (χ1v) is 8.42. The van der Waals surface area contributed by atoms with Crippen LogP contribution in [0.1, 0.15) is 25.3 Å². The smallest absolute Gasteiger partial charge is 0.330 e. The van der Waals surface area contributed by atoms with Gasteiger partial charge in [0.05, 0.1) is 0 Å². The molecule has 0 aliphatic heterocycles. The van der Waals surface area contributed by atoms with Gasteiger partial charge in [0.25, 0.3) is 5.56 Å². The lowest BCUT2D eigenvalue weighted by atomic mass is 10.2. The average molecular weight is 399 g/mol. The molecule has 0 atom stereocenters. The fraction of sp³-hybridized carbons (Fsp3) is 0.375. The molecule has 8 heteroatoms. The quantitative estimate of drug-likeness (QED) is 0.782. The highest BCUT2D eigenvalue weighted by Crippen LogP contribution is 2.21. The van der Waals surface area contributed by atoms with E-state index in [0.29, 0.717) is 16.6 Å². The zero-order valence-corrected chi connectivity index (χ0v) is 15.2. The largest absolute Gasteiger partial charge is 0.383 e. The summed E-state index contributed by atoms with van der Waals surface area (Å²) < 4.78 is 16.0. The van der Waals surface area contributed by atoms with Gasteiger partial charge in [-0.25, -0.2) is 9.18 Å².